The number of rotatable bonds is 5. The molecule has 1 saturated heterocycles. The first-order valence-electron chi connectivity index (χ1n) is 8.04. The van der Waals surface area contributed by atoms with E-state index in [9.17, 15) is 0 Å². The number of aryl methyl sites for hydroxylation is 1. The van der Waals surface area contributed by atoms with E-state index in [0.29, 0.717) is 6.10 Å². The number of nitrogens with zero attached hydrogens (tertiary/aromatic N) is 2. The fraction of sp³-hybridized carbons (Fsp3) is 0.500. The van der Waals surface area contributed by atoms with Crippen molar-refractivity contribution in [1.82, 2.24) is 10.3 Å². The quantitative estimate of drug-likeness (QED) is 0.921. The molecule has 4 nitrogen and oxygen atoms in total. The molecule has 0 aliphatic carbocycles. The van der Waals surface area contributed by atoms with Gasteiger partial charge < -0.3 is 15.0 Å². The van der Waals surface area contributed by atoms with Crippen LogP contribution in [0.1, 0.15) is 24.0 Å². The first-order chi connectivity index (χ1) is 10.6. The number of pyridine rings is 1. The monoisotopic (exact) mass is 299 g/mol. The SMILES string of the molecule is Cc1cccc2cc(CNC[C@H]3CCCO3)c(N(C)C)nc12. The molecule has 0 saturated carbocycles. The molecule has 1 atom stereocenters. The fourth-order valence-electron chi connectivity index (χ4n) is 3.07. The van der Waals surface area contributed by atoms with Crippen molar-refractivity contribution in [3.63, 3.8) is 0 Å². The molecule has 118 valence electrons. The third-order valence-electron chi connectivity index (χ3n) is 4.24. The summed E-state index contributed by atoms with van der Waals surface area (Å²) in [5, 5.41) is 4.73. The third-order valence-corrected chi connectivity index (χ3v) is 4.24. The molecule has 22 heavy (non-hydrogen) atoms. The highest BCUT2D eigenvalue weighted by molar-refractivity contribution is 5.84. The second-order valence-electron chi connectivity index (χ2n) is 6.28. The van der Waals surface area contributed by atoms with E-state index < -0.39 is 0 Å². The molecule has 0 spiro atoms. The molecule has 1 aromatic carbocycles. The highest BCUT2D eigenvalue weighted by Crippen LogP contribution is 2.24. The summed E-state index contributed by atoms with van der Waals surface area (Å²) >= 11 is 0. The van der Waals surface area contributed by atoms with E-state index in [-0.39, 0.29) is 0 Å². The van der Waals surface area contributed by atoms with E-state index in [1.165, 1.54) is 29.4 Å². The summed E-state index contributed by atoms with van der Waals surface area (Å²) in [5.74, 6) is 1.04. The predicted molar refractivity (Wildman–Crippen MR) is 91.5 cm³/mol. The average Bonchev–Trinajstić information content (AvgIpc) is 3.00. The van der Waals surface area contributed by atoms with E-state index in [0.717, 1.165) is 31.0 Å². The molecule has 1 N–H and O–H groups in total. The lowest BCUT2D eigenvalue weighted by Gasteiger charge is -2.19. The van der Waals surface area contributed by atoms with Crippen LogP contribution < -0.4 is 10.2 Å². The number of hydrogen-bond donors (Lipinski definition) is 1. The van der Waals surface area contributed by atoms with Gasteiger partial charge in [-0.25, -0.2) is 4.98 Å². The van der Waals surface area contributed by atoms with E-state index in [4.69, 9.17) is 9.72 Å². The maximum atomic E-state index is 5.67. The summed E-state index contributed by atoms with van der Waals surface area (Å²) in [5.41, 5.74) is 3.55. The molecule has 3 rings (SSSR count). The van der Waals surface area contributed by atoms with Crippen molar-refractivity contribution < 1.29 is 4.74 Å². The van der Waals surface area contributed by atoms with Crippen molar-refractivity contribution in [3.8, 4) is 0 Å². The summed E-state index contributed by atoms with van der Waals surface area (Å²) in [6.07, 6.45) is 2.73. The van der Waals surface area contributed by atoms with Crippen molar-refractivity contribution in [2.75, 3.05) is 32.1 Å². The van der Waals surface area contributed by atoms with Crippen molar-refractivity contribution in [2.24, 2.45) is 0 Å². The first kappa shape index (κ1) is 15.3. The smallest absolute Gasteiger partial charge is 0.133 e. The Balaban J connectivity index is 1.81. The van der Waals surface area contributed by atoms with Gasteiger partial charge in [0.25, 0.3) is 0 Å². The van der Waals surface area contributed by atoms with Crippen LogP contribution in [0.25, 0.3) is 10.9 Å². The zero-order chi connectivity index (χ0) is 15.5. The van der Waals surface area contributed by atoms with Gasteiger partial charge in [-0.2, -0.15) is 0 Å². The lowest BCUT2D eigenvalue weighted by molar-refractivity contribution is 0.110. The van der Waals surface area contributed by atoms with Gasteiger partial charge in [0.2, 0.25) is 0 Å². The van der Waals surface area contributed by atoms with Gasteiger partial charge in [0.15, 0.2) is 0 Å². The van der Waals surface area contributed by atoms with Gasteiger partial charge in [-0.1, -0.05) is 18.2 Å². The Kier molecular flexibility index (Phi) is 4.60. The van der Waals surface area contributed by atoms with E-state index in [2.05, 4.69) is 55.5 Å². The Morgan fingerprint density at radius 1 is 1.36 bits per heavy atom. The number of hydrogen-bond acceptors (Lipinski definition) is 4. The predicted octanol–water partition coefficient (Wildman–Crippen LogP) is 2.88. The normalized spacial score (nSPS) is 18.0. The summed E-state index contributed by atoms with van der Waals surface area (Å²) in [4.78, 5) is 6.97. The number of ether oxygens (including phenoxy) is 1. The number of aromatic nitrogens is 1. The van der Waals surface area contributed by atoms with Gasteiger partial charge in [0.05, 0.1) is 11.6 Å². The molecule has 0 unspecified atom stereocenters. The van der Waals surface area contributed by atoms with Crippen LogP contribution in [-0.4, -0.2) is 38.3 Å². The molecular weight excluding hydrogens is 274 g/mol. The van der Waals surface area contributed by atoms with Crippen LogP contribution in [0.3, 0.4) is 0 Å². The molecule has 4 heteroatoms. The second kappa shape index (κ2) is 6.63. The standard InChI is InChI=1S/C18H25N3O/c1-13-6-4-7-14-10-15(18(21(2)3)20-17(13)14)11-19-12-16-8-5-9-22-16/h4,6-7,10,16,19H,5,8-9,11-12H2,1-3H3/t16-/m1/s1. The minimum Gasteiger partial charge on any atom is -0.377 e. The minimum atomic E-state index is 0.374. The van der Waals surface area contributed by atoms with E-state index >= 15 is 0 Å². The average molecular weight is 299 g/mol. The summed E-state index contributed by atoms with van der Waals surface area (Å²) in [6.45, 7) is 4.76. The number of nitrogens with one attached hydrogen (secondary N) is 1. The lowest BCUT2D eigenvalue weighted by Crippen LogP contribution is -2.27. The van der Waals surface area contributed by atoms with Crippen LogP contribution in [0.5, 0.6) is 0 Å². The van der Waals surface area contributed by atoms with Gasteiger partial charge in [-0.15, -0.1) is 0 Å². The summed E-state index contributed by atoms with van der Waals surface area (Å²) in [6, 6.07) is 8.61. The van der Waals surface area contributed by atoms with E-state index in [1.54, 1.807) is 0 Å². The minimum absolute atomic E-state index is 0.374. The molecule has 2 aromatic rings. The van der Waals surface area contributed by atoms with Crippen molar-refractivity contribution in [3.05, 3.63) is 35.4 Å². The van der Waals surface area contributed by atoms with Gasteiger partial charge in [-0.05, 0) is 31.4 Å². The Morgan fingerprint density at radius 2 is 2.23 bits per heavy atom. The van der Waals surface area contributed by atoms with Crippen LogP contribution >= 0.6 is 0 Å². The number of benzene rings is 1. The molecule has 2 heterocycles. The van der Waals surface area contributed by atoms with Crippen LogP contribution in [0.15, 0.2) is 24.3 Å². The van der Waals surface area contributed by atoms with Gasteiger partial charge >= 0.3 is 0 Å². The van der Waals surface area contributed by atoms with Gasteiger partial charge in [0.1, 0.15) is 5.82 Å². The van der Waals surface area contributed by atoms with Crippen LogP contribution in [0.2, 0.25) is 0 Å². The summed E-state index contributed by atoms with van der Waals surface area (Å²) in [7, 11) is 4.10. The number of fused-ring (bicyclic) bond motifs is 1. The Morgan fingerprint density at radius 3 is 2.95 bits per heavy atom. The molecular formula is C18H25N3O. The largest absolute Gasteiger partial charge is 0.377 e. The van der Waals surface area contributed by atoms with Crippen molar-refractivity contribution in [1.29, 1.82) is 0 Å². The third kappa shape index (κ3) is 3.23. The molecule has 0 radical (unpaired) electrons. The first-order valence-corrected chi connectivity index (χ1v) is 8.04. The van der Waals surface area contributed by atoms with Crippen molar-refractivity contribution >= 4 is 16.7 Å². The zero-order valence-electron chi connectivity index (χ0n) is 13.7. The van der Waals surface area contributed by atoms with Crippen LogP contribution in [0, 0.1) is 6.92 Å². The Hall–Kier alpha value is -1.65. The van der Waals surface area contributed by atoms with E-state index in [1.807, 2.05) is 0 Å². The molecule has 1 aromatic heterocycles. The van der Waals surface area contributed by atoms with Crippen LogP contribution in [0.4, 0.5) is 5.82 Å². The van der Waals surface area contributed by atoms with Crippen molar-refractivity contribution in [2.45, 2.75) is 32.4 Å². The van der Waals surface area contributed by atoms with Crippen LogP contribution in [-0.2, 0) is 11.3 Å². The van der Waals surface area contributed by atoms with Gasteiger partial charge in [-0.3, -0.25) is 0 Å². The Labute approximate surface area is 132 Å². The fourth-order valence-corrected chi connectivity index (χ4v) is 3.07. The molecule has 1 aliphatic heterocycles. The maximum Gasteiger partial charge on any atom is 0.133 e. The van der Waals surface area contributed by atoms with Gasteiger partial charge in [0, 0.05) is 44.7 Å². The zero-order valence-corrected chi connectivity index (χ0v) is 13.7. The topological polar surface area (TPSA) is 37.4 Å². The molecule has 1 fully saturated rings. The Bertz CT molecular complexity index is 648. The number of anilines is 1. The molecule has 0 bridgehead atoms. The number of para-hydroxylation sites is 1. The highest BCUT2D eigenvalue weighted by Gasteiger charge is 2.15. The molecule has 0 amide bonds. The highest BCUT2D eigenvalue weighted by atomic mass is 16.5. The summed E-state index contributed by atoms with van der Waals surface area (Å²) < 4.78 is 5.67. The maximum absolute atomic E-state index is 5.67. The molecule has 1 aliphatic rings. The lowest BCUT2D eigenvalue weighted by atomic mass is 10.1. The second-order valence-corrected chi connectivity index (χ2v) is 6.28.